The van der Waals surface area contributed by atoms with Crippen molar-refractivity contribution in [3.8, 4) is 0 Å². The van der Waals surface area contributed by atoms with Crippen molar-refractivity contribution in [2.45, 2.75) is 45.2 Å². The van der Waals surface area contributed by atoms with Gasteiger partial charge in [-0.05, 0) is 47.7 Å². The van der Waals surface area contributed by atoms with Gasteiger partial charge in [0.15, 0.2) is 5.78 Å². The fourth-order valence-corrected chi connectivity index (χ4v) is 4.64. The molecular weight excluding hydrogens is 427 g/mol. The van der Waals surface area contributed by atoms with Crippen LogP contribution in [-0.4, -0.2) is 11.7 Å². The Morgan fingerprint density at radius 3 is 2.35 bits per heavy atom. The van der Waals surface area contributed by atoms with Gasteiger partial charge in [0.2, 0.25) is 5.91 Å². The molecule has 31 heavy (non-hydrogen) atoms. The quantitative estimate of drug-likeness (QED) is 0.525. The predicted molar refractivity (Wildman–Crippen MR) is 113 cm³/mol. The van der Waals surface area contributed by atoms with Gasteiger partial charge in [-0.2, -0.15) is 13.2 Å². The van der Waals surface area contributed by atoms with Crippen LogP contribution in [0.15, 0.2) is 59.8 Å². The second-order valence-electron chi connectivity index (χ2n) is 8.89. The molecule has 1 aliphatic carbocycles. The minimum atomic E-state index is -4.53. The number of benzene rings is 2. The Kier molecular flexibility index (Phi) is 5.24. The average Bonchev–Trinajstić information content (AvgIpc) is 2.66. The van der Waals surface area contributed by atoms with E-state index in [1.807, 2.05) is 13.8 Å². The summed E-state index contributed by atoms with van der Waals surface area (Å²) in [5, 5.41) is 0.543. The zero-order valence-electron chi connectivity index (χ0n) is 17.1. The molecule has 0 saturated heterocycles. The number of rotatable bonds is 2. The molecule has 3 nitrogen and oxygen atoms in total. The lowest BCUT2D eigenvalue weighted by molar-refractivity contribution is -0.137. The van der Waals surface area contributed by atoms with E-state index in [0.717, 1.165) is 17.7 Å². The van der Waals surface area contributed by atoms with Crippen molar-refractivity contribution in [1.29, 1.82) is 0 Å². The normalized spacial score (nSPS) is 21.4. The Bertz CT molecular complexity index is 1090. The number of ketones is 1. The fraction of sp³-hybridized carbons (Fsp3) is 0.333. The second-order valence-corrected chi connectivity index (χ2v) is 9.32. The lowest BCUT2D eigenvalue weighted by Crippen LogP contribution is -2.43. The Labute approximate surface area is 183 Å². The molecule has 7 heteroatoms. The van der Waals surface area contributed by atoms with Gasteiger partial charge in [0, 0.05) is 40.7 Å². The molecule has 0 bridgehead atoms. The van der Waals surface area contributed by atoms with Gasteiger partial charge < -0.3 is 0 Å². The molecule has 0 spiro atoms. The third-order valence-electron chi connectivity index (χ3n) is 5.85. The number of alkyl halides is 3. The molecule has 1 aliphatic heterocycles. The van der Waals surface area contributed by atoms with Crippen LogP contribution in [0.1, 0.15) is 50.2 Å². The first-order valence-electron chi connectivity index (χ1n) is 9.98. The van der Waals surface area contributed by atoms with Gasteiger partial charge >= 0.3 is 6.18 Å². The lowest BCUT2D eigenvalue weighted by atomic mass is 9.69. The minimum absolute atomic E-state index is 0.00286. The third kappa shape index (κ3) is 4.13. The van der Waals surface area contributed by atoms with Crippen LogP contribution in [0.5, 0.6) is 0 Å². The number of nitrogens with zero attached hydrogens (tertiary/aromatic N) is 1. The Morgan fingerprint density at radius 2 is 1.71 bits per heavy atom. The summed E-state index contributed by atoms with van der Waals surface area (Å²) in [5.41, 5.74) is 0.698. The van der Waals surface area contributed by atoms with Crippen LogP contribution in [-0.2, 0) is 15.8 Å². The summed E-state index contributed by atoms with van der Waals surface area (Å²) in [5.74, 6) is -0.843. The number of amides is 1. The molecule has 0 saturated carbocycles. The van der Waals surface area contributed by atoms with E-state index in [2.05, 4.69) is 0 Å². The third-order valence-corrected chi connectivity index (χ3v) is 6.10. The van der Waals surface area contributed by atoms with Crippen LogP contribution in [0.4, 0.5) is 18.9 Å². The van der Waals surface area contributed by atoms with E-state index in [1.165, 1.54) is 17.0 Å². The van der Waals surface area contributed by atoms with Crippen LogP contribution in [0, 0.1) is 5.41 Å². The highest BCUT2D eigenvalue weighted by molar-refractivity contribution is 6.30. The Balaban J connectivity index is 1.88. The fourth-order valence-electron chi connectivity index (χ4n) is 4.52. The maximum Gasteiger partial charge on any atom is 0.416 e. The smallest absolute Gasteiger partial charge is 0.294 e. The van der Waals surface area contributed by atoms with E-state index in [-0.39, 0.29) is 23.8 Å². The van der Waals surface area contributed by atoms with Crippen molar-refractivity contribution < 1.29 is 22.8 Å². The molecule has 4 rings (SSSR count). The van der Waals surface area contributed by atoms with Crippen molar-refractivity contribution in [3.05, 3.63) is 76.0 Å². The van der Waals surface area contributed by atoms with Crippen molar-refractivity contribution in [2.24, 2.45) is 5.41 Å². The molecule has 0 aromatic heterocycles. The van der Waals surface area contributed by atoms with E-state index in [0.29, 0.717) is 29.1 Å². The number of carbonyl (C=O) groups excluding carboxylic acids is 2. The molecule has 1 heterocycles. The van der Waals surface area contributed by atoms with E-state index in [1.54, 1.807) is 24.3 Å². The molecule has 2 aliphatic rings. The van der Waals surface area contributed by atoms with Crippen LogP contribution >= 0.6 is 11.6 Å². The Hall–Kier alpha value is -2.60. The van der Waals surface area contributed by atoms with Crippen LogP contribution in [0.2, 0.25) is 5.02 Å². The molecule has 1 atom stereocenters. The van der Waals surface area contributed by atoms with Gasteiger partial charge in [-0.25, -0.2) is 0 Å². The summed E-state index contributed by atoms with van der Waals surface area (Å²) in [6.45, 7) is 3.85. The van der Waals surface area contributed by atoms with Crippen LogP contribution < -0.4 is 4.90 Å². The van der Waals surface area contributed by atoms with Gasteiger partial charge in [0.25, 0.3) is 0 Å². The highest BCUT2D eigenvalue weighted by Gasteiger charge is 2.44. The van der Waals surface area contributed by atoms with E-state index >= 15 is 0 Å². The predicted octanol–water partition coefficient (Wildman–Crippen LogP) is 6.52. The first-order valence-corrected chi connectivity index (χ1v) is 10.4. The van der Waals surface area contributed by atoms with Crippen molar-refractivity contribution in [1.82, 2.24) is 0 Å². The highest BCUT2D eigenvalue weighted by Crippen LogP contribution is 2.48. The summed E-state index contributed by atoms with van der Waals surface area (Å²) >= 11 is 5.99. The van der Waals surface area contributed by atoms with Gasteiger partial charge in [0.1, 0.15) is 0 Å². The number of Topliss-reactive ketones (excluding diaryl/α,β-unsaturated/α-hetero) is 1. The van der Waals surface area contributed by atoms with E-state index in [4.69, 9.17) is 11.6 Å². The lowest BCUT2D eigenvalue weighted by Gasteiger charge is -2.43. The van der Waals surface area contributed by atoms with Crippen LogP contribution in [0.25, 0.3) is 0 Å². The number of hydrogen-bond acceptors (Lipinski definition) is 2. The number of anilines is 1. The van der Waals surface area contributed by atoms with Crippen molar-refractivity contribution >= 4 is 29.0 Å². The zero-order valence-corrected chi connectivity index (χ0v) is 17.8. The molecule has 1 unspecified atom stereocenters. The molecule has 0 fully saturated rings. The van der Waals surface area contributed by atoms with Crippen LogP contribution in [0.3, 0.4) is 0 Å². The minimum Gasteiger partial charge on any atom is -0.294 e. The van der Waals surface area contributed by atoms with Gasteiger partial charge in [-0.3, -0.25) is 14.5 Å². The number of allylic oxidation sites excluding steroid dienone is 2. The summed E-state index contributed by atoms with van der Waals surface area (Å²) < 4.78 is 39.9. The van der Waals surface area contributed by atoms with Gasteiger partial charge in [-0.1, -0.05) is 43.6 Å². The molecule has 162 valence electrons. The SMILES string of the molecule is CC1(C)CC(=O)C2=C(C1)N(c1cccc(C(F)(F)F)c1)C(=O)CC2c1ccc(Cl)cc1. The first kappa shape index (κ1) is 21.6. The van der Waals surface area contributed by atoms with E-state index < -0.39 is 23.1 Å². The largest absolute Gasteiger partial charge is 0.416 e. The van der Waals surface area contributed by atoms with Gasteiger partial charge in [-0.15, -0.1) is 0 Å². The van der Waals surface area contributed by atoms with Gasteiger partial charge in [0.05, 0.1) is 5.56 Å². The summed E-state index contributed by atoms with van der Waals surface area (Å²) in [6.07, 6.45) is -3.79. The topological polar surface area (TPSA) is 37.4 Å². The maximum absolute atomic E-state index is 13.3. The Morgan fingerprint density at radius 1 is 1.03 bits per heavy atom. The number of halogens is 4. The molecule has 0 N–H and O–H groups in total. The monoisotopic (exact) mass is 447 g/mol. The molecule has 1 amide bonds. The summed E-state index contributed by atoms with van der Waals surface area (Å²) in [6, 6.07) is 11.7. The standard InChI is InChI=1S/C24H21ClF3NO2/c1-23(2)12-19-22(20(30)13-23)18(14-6-8-16(25)9-7-14)11-21(31)29(19)17-5-3-4-15(10-17)24(26,27)28/h3-10,18H,11-13H2,1-2H3. The summed E-state index contributed by atoms with van der Waals surface area (Å²) in [4.78, 5) is 27.8. The number of hydrogen-bond donors (Lipinski definition) is 0. The molecular formula is C24H21ClF3NO2. The highest BCUT2D eigenvalue weighted by atomic mass is 35.5. The first-order chi connectivity index (χ1) is 14.5. The average molecular weight is 448 g/mol. The zero-order chi connectivity index (χ0) is 22.6. The molecule has 2 aromatic carbocycles. The summed E-state index contributed by atoms with van der Waals surface area (Å²) in [7, 11) is 0. The molecule has 2 aromatic rings. The second kappa shape index (κ2) is 7.52. The maximum atomic E-state index is 13.3. The number of carbonyl (C=O) groups is 2. The molecule has 0 radical (unpaired) electrons. The van der Waals surface area contributed by atoms with E-state index in [9.17, 15) is 22.8 Å². The van der Waals surface area contributed by atoms with Crippen molar-refractivity contribution in [3.63, 3.8) is 0 Å². The van der Waals surface area contributed by atoms with Crippen molar-refractivity contribution in [2.75, 3.05) is 4.90 Å².